The second-order valence-corrected chi connectivity index (χ2v) is 6.49. The first kappa shape index (κ1) is 20.0. The van der Waals surface area contributed by atoms with Crippen LogP contribution in [0.3, 0.4) is 0 Å². The topological polar surface area (TPSA) is 46.6 Å². The summed E-state index contributed by atoms with van der Waals surface area (Å²) in [5, 5.41) is 0. The van der Waals surface area contributed by atoms with E-state index in [1.54, 1.807) is 0 Å². The molecule has 0 spiro atoms. The molecule has 1 fully saturated rings. The Balaban J connectivity index is 1.77. The van der Waals surface area contributed by atoms with Gasteiger partial charge in [0, 0.05) is 0 Å². The highest BCUT2D eigenvalue weighted by Gasteiger charge is 2.38. The third-order valence-corrected chi connectivity index (χ3v) is 4.54. The van der Waals surface area contributed by atoms with E-state index in [4.69, 9.17) is 4.74 Å². The van der Waals surface area contributed by atoms with E-state index >= 15 is 0 Å². The lowest BCUT2D eigenvalue weighted by molar-refractivity contribution is -0.141. The first-order chi connectivity index (χ1) is 13.3. The van der Waals surface area contributed by atoms with Gasteiger partial charge in [-0.25, -0.2) is 4.39 Å². The average molecular weight is 395 g/mol. The van der Waals surface area contributed by atoms with Gasteiger partial charge in [0.15, 0.2) is 12.5 Å². The first-order valence-corrected chi connectivity index (χ1v) is 8.57. The second kappa shape index (κ2) is 8.10. The molecule has 0 aliphatic carbocycles. The Bertz CT molecular complexity index is 854. The number of aldehydes is 1. The van der Waals surface area contributed by atoms with Gasteiger partial charge in [0.1, 0.15) is 5.82 Å². The molecule has 0 bridgehead atoms. The molecule has 4 nitrogen and oxygen atoms in total. The van der Waals surface area contributed by atoms with Crippen LogP contribution in [0, 0.1) is 5.82 Å². The smallest absolute Gasteiger partial charge is 0.349 e. The minimum Gasteiger partial charge on any atom is -0.349 e. The van der Waals surface area contributed by atoms with Gasteiger partial charge in [0.2, 0.25) is 5.91 Å². The summed E-state index contributed by atoms with van der Waals surface area (Å²) in [4.78, 5) is 25.3. The van der Waals surface area contributed by atoms with Crippen LogP contribution in [-0.2, 0) is 33.3 Å². The molecule has 3 rings (SSSR count). The highest BCUT2D eigenvalue weighted by Crippen LogP contribution is 2.32. The van der Waals surface area contributed by atoms with Crippen molar-refractivity contribution in [2.75, 3.05) is 6.61 Å². The van der Waals surface area contributed by atoms with Gasteiger partial charge in [-0.05, 0) is 29.7 Å². The molecule has 28 heavy (non-hydrogen) atoms. The summed E-state index contributed by atoms with van der Waals surface area (Å²) in [6.07, 6.45) is -5.26. The molecule has 2 unspecified atom stereocenters. The van der Waals surface area contributed by atoms with E-state index in [1.165, 1.54) is 4.90 Å². The molecule has 1 aliphatic heterocycles. The van der Waals surface area contributed by atoms with Gasteiger partial charge in [0.25, 0.3) is 0 Å². The predicted octanol–water partition coefficient (Wildman–Crippen LogP) is 3.38. The Morgan fingerprint density at radius 1 is 1.14 bits per heavy atom. The van der Waals surface area contributed by atoms with Crippen LogP contribution in [0.1, 0.15) is 16.7 Å². The summed E-state index contributed by atoms with van der Waals surface area (Å²) in [6, 6.07) is 11.3. The number of benzene rings is 2. The van der Waals surface area contributed by atoms with E-state index in [0.29, 0.717) is 24.8 Å². The van der Waals surface area contributed by atoms with Crippen molar-refractivity contribution in [1.82, 2.24) is 4.90 Å². The molecule has 2 aromatic carbocycles. The van der Waals surface area contributed by atoms with Crippen LogP contribution < -0.4 is 0 Å². The molecular weight excluding hydrogens is 378 g/mol. The van der Waals surface area contributed by atoms with E-state index in [1.807, 2.05) is 30.3 Å². The lowest BCUT2D eigenvalue weighted by atomic mass is 10.0. The normalized spacial score (nSPS) is 19.6. The number of hydrogen-bond acceptors (Lipinski definition) is 3. The molecule has 1 saturated heterocycles. The Hall–Kier alpha value is -2.74. The van der Waals surface area contributed by atoms with Crippen molar-refractivity contribution in [2.24, 2.45) is 0 Å². The highest BCUT2D eigenvalue weighted by atomic mass is 19.4. The van der Waals surface area contributed by atoms with E-state index in [-0.39, 0.29) is 18.6 Å². The van der Waals surface area contributed by atoms with Gasteiger partial charge in [-0.3, -0.25) is 9.59 Å². The molecule has 0 N–H and O–H groups in total. The Morgan fingerprint density at radius 2 is 1.86 bits per heavy atom. The van der Waals surface area contributed by atoms with Crippen molar-refractivity contribution in [1.29, 1.82) is 0 Å². The number of nitrogens with zero attached hydrogens (tertiary/aromatic N) is 1. The zero-order valence-electron chi connectivity index (χ0n) is 14.7. The molecule has 8 heteroatoms. The van der Waals surface area contributed by atoms with Gasteiger partial charge in [-0.1, -0.05) is 36.4 Å². The van der Waals surface area contributed by atoms with Gasteiger partial charge in [-0.15, -0.1) is 0 Å². The summed E-state index contributed by atoms with van der Waals surface area (Å²) in [5.41, 5.74) is -0.354. The molecule has 1 heterocycles. The van der Waals surface area contributed by atoms with E-state index in [0.717, 1.165) is 11.6 Å². The van der Waals surface area contributed by atoms with Gasteiger partial charge < -0.3 is 9.64 Å². The molecule has 2 atom stereocenters. The van der Waals surface area contributed by atoms with Crippen LogP contribution in [0.5, 0.6) is 0 Å². The van der Waals surface area contributed by atoms with Gasteiger partial charge in [0.05, 0.1) is 24.6 Å². The minimum absolute atomic E-state index is 0.0884. The quantitative estimate of drug-likeness (QED) is 0.576. The number of rotatable bonds is 5. The fourth-order valence-corrected chi connectivity index (χ4v) is 3.24. The highest BCUT2D eigenvalue weighted by molar-refractivity contribution is 5.82. The van der Waals surface area contributed by atoms with Crippen molar-refractivity contribution in [3.05, 3.63) is 71.0 Å². The molecule has 148 valence electrons. The zero-order chi connectivity index (χ0) is 20.3. The average Bonchev–Trinajstić information content (AvgIpc) is 3.04. The van der Waals surface area contributed by atoms with Crippen molar-refractivity contribution in [3.8, 4) is 0 Å². The van der Waals surface area contributed by atoms with Crippen molar-refractivity contribution >= 4 is 12.2 Å². The van der Waals surface area contributed by atoms with Crippen LogP contribution in [0.2, 0.25) is 0 Å². The largest absolute Gasteiger partial charge is 0.419 e. The maximum Gasteiger partial charge on any atom is 0.419 e. The number of carbonyl (C=O) groups excluding carboxylic acids is 2. The van der Waals surface area contributed by atoms with Gasteiger partial charge in [-0.2, -0.15) is 13.2 Å². The molecule has 1 amide bonds. The van der Waals surface area contributed by atoms with E-state index in [9.17, 15) is 27.2 Å². The first-order valence-electron chi connectivity index (χ1n) is 8.57. The SMILES string of the molecule is O=CC1OCC(Cc2ccccc2)N1C(=O)Cc1ccc(C(F)(F)F)c(F)c1. The van der Waals surface area contributed by atoms with Gasteiger partial charge >= 0.3 is 6.18 Å². The van der Waals surface area contributed by atoms with Crippen LogP contribution >= 0.6 is 0 Å². The molecule has 1 aliphatic rings. The number of ether oxygens (including phenoxy) is 1. The van der Waals surface area contributed by atoms with Crippen molar-refractivity contribution in [2.45, 2.75) is 31.3 Å². The summed E-state index contributed by atoms with van der Waals surface area (Å²) in [7, 11) is 0. The number of carbonyl (C=O) groups is 2. The minimum atomic E-state index is -4.81. The lowest BCUT2D eigenvalue weighted by Crippen LogP contribution is -2.44. The third-order valence-electron chi connectivity index (χ3n) is 4.54. The second-order valence-electron chi connectivity index (χ2n) is 6.49. The van der Waals surface area contributed by atoms with Crippen LogP contribution in [0.15, 0.2) is 48.5 Å². The Labute approximate surface area is 158 Å². The maximum absolute atomic E-state index is 13.8. The fraction of sp³-hybridized carbons (Fsp3) is 0.300. The van der Waals surface area contributed by atoms with Crippen LogP contribution in [0.25, 0.3) is 0 Å². The zero-order valence-corrected chi connectivity index (χ0v) is 14.7. The van der Waals surface area contributed by atoms with Crippen molar-refractivity contribution in [3.63, 3.8) is 0 Å². The maximum atomic E-state index is 13.8. The monoisotopic (exact) mass is 395 g/mol. The Morgan fingerprint density at radius 3 is 2.46 bits per heavy atom. The third kappa shape index (κ3) is 4.39. The molecule has 0 saturated carbocycles. The van der Waals surface area contributed by atoms with E-state index in [2.05, 4.69) is 0 Å². The van der Waals surface area contributed by atoms with Crippen LogP contribution in [-0.4, -0.2) is 36.0 Å². The number of hydrogen-bond donors (Lipinski definition) is 0. The summed E-state index contributed by atoms with van der Waals surface area (Å²) in [6.45, 7) is 0.158. The molecule has 0 radical (unpaired) electrons. The summed E-state index contributed by atoms with van der Waals surface area (Å²) >= 11 is 0. The summed E-state index contributed by atoms with van der Waals surface area (Å²) < 4.78 is 57.1. The fourth-order valence-electron chi connectivity index (χ4n) is 3.24. The molecular formula is C20H17F4NO3. The van der Waals surface area contributed by atoms with E-state index < -0.39 is 35.7 Å². The molecule has 0 aromatic heterocycles. The molecule has 2 aromatic rings. The number of halogens is 4. The Kier molecular flexibility index (Phi) is 5.79. The van der Waals surface area contributed by atoms with Crippen molar-refractivity contribution < 1.29 is 31.9 Å². The standard InChI is InChI=1S/C20H17F4NO3/c21-17-9-14(6-7-16(17)20(22,23)24)10-18(27)25-15(12-28-19(25)11-26)8-13-4-2-1-3-5-13/h1-7,9,11,15,19H,8,10,12H2. The summed E-state index contributed by atoms with van der Waals surface area (Å²) in [5.74, 6) is -1.96. The lowest BCUT2D eigenvalue weighted by Gasteiger charge is -2.26. The number of alkyl halides is 3. The van der Waals surface area contributed by atoms with Crippen LogP contribution in [0.4, 0.5) is 17.6 Å². The number of amides is 1. The predicted molar refractivity (Wildman–Crippen MR) is 91.7 cm³/mol.